The van der Waals surface area contributed by atoms with Crippen LogP contribution in [0.25, 0.3) is 0 Å². The predicted octanol–water partition coefficient (Wildman–Crippen LogP) is -1.52. The lowest BCUT2D eigenvalue weighted by Crippen LogP contribution is -2.39. The SMILES string of the molecule is C=CCOC1C(O)[C@H](COP(=O)(O)O)O[C@@H]1n1ccc(=O)[nH]c1=O. The summed E-state index contributed by atoms with van der Waals surface area (Å²) in [5, 5.41) is 10.2. The van der Waals surface area contributed by atoms with Crippen LogP contribution in [0, 0.1) is 0 Å². The van der Waals surface area contributed by atoms with Crippen LogP contribution < -0.4 is 11.2 Å². The number of nitrogens with zero attached hydrogens (tertiary/aromatic N) is 1. The smallest absolute Gasteiger partial charge is 0.387 e. The Balaban J connectivity index is 2.26. The highest BCUT2D eigenvalue weighted by Crippen LogP contribution is 2.38. The Kier molecular flexibility index (Phi) is 5.88. The van der Waals surface area contributed by atoms with Gasteiger partial charge in [0.05, 0.1) is 13.2 Å². The molecule has 2 rings (SSSR count). The van der Waals surface area contributed by atoms with Crippen molar-refractivity contribution in [2.24, 2.45) is 0 Å². The molecule has 0 saturated carbocycles. The molecule has 1 aromatic heterocycles. The number of hydrogen-bond donors (Lipinski definition) is 4. The van der Waals surface area contributed by atoms with Gasteiger partial charge in [0.25, 0.3) is 5.56 Å². The van der Waals surface area contributed by atoms with Gasteiger partial charge < -0.3 is 24.4 Å². The van der Waals surface area contributed by atoms with Crippen LogP contribution in [0.5, 0.6) is 0 Å². The average molecular weight is 364 g/mol. The molecule has 12 heteroatoms. The number of H-pyrrole nitrogens is 1. The Hall–Kier alpha value is -1.59. The molecular formula is C12H17N2O9P. The van der Waals surface area contributed by atoms with Crippen LogP contribution in [0.4, 0.5) is 0 Å². The van der Waals surface area contributed by atoms with Crippen LogP contribution in [0.3, 0.4) is 0 Å². The van der Waals surface area contributed by atoms with E-state index < -0.39 is 50.2 Å². The highest BCUT2D eigenvalue weighted by molar-refractivity contribution is 7.46. The van der Waals surface area contributed by atoms with Gasteiger partial charge in [-0.1, -0.05) is 6.08 Å². The van der Waals surface area contributed by atoms with Crippen molar-refractivity contribution in [2.45, 2.75) is 24.5 Å². The zero-order valence-corrected chi connectivity index (χ0v) is 13.2. The molecule has 24 heavy (non-hydrogen) atoms. The van der Waals surface area contributed by atoms with Crippen molar-refractivity contribution in [3.05, 3.63) is 45.8 Å². The van der Waals surface area contributed by atoms with Crippen molar-refractivity contribution < 1.29 is 33.5 Å². The first-order valence-corrected chi connectivity index (χ1v) is 8.33. The third-order valence-corrected chi connectivity index (χ3v) is 3.74. The van der Waals surface area contributed by atoms with Crippen LogP contribution in [-0.4, -0.2) is 56.0 Å². The zero-order chi connectivity index (χ0) is 17.9. The maximum absolute atomic E-state index is 11.9. The van der Waals surface area contributed by atoms with Gasteiger partial charge in [-0.25, -0.2) is 9.36 Å². The van der Waals surface area contributed by atoms with Crippen molar-refractivity contribution in [3.63, 3.8) is 0 Å². The fourth-order valence-electron chi connectivity index (χ4n) is 2.24. The fraction of sp³-hybridized carbons (Fsp3) is 0.500. The van der Waals surface area contributed by atoms with E-state index in [1.54, 1.807) is 0 Å². The zero-order valence-electron chi connectivity index (χ0n) is 12.3. The number of hydrogen-bond acceptors (Lipinski definition) is 7. The van der Waals surface area contributed by atoms with E-state index in [2.05, 4.69) is 11.1 Å². The number of aromatic nitrogens is 2. The molecule has 0 aliphatic carbocycles. The van der Waals surface area contributed by atoms with Crippen LogP contribution in [0.2, 0.25) is 0 Å². The molecule has 1 aromatic rings. The lowest BCUT2D eigenvalue weighted by atomic mass is 10.1. The summed E-state index contributed by atoms with van der Waals surface area (Å²) in [6, 6.07) is 1.08. The van der Waals surface area contributed by atoms with Gasteiger partial charge in [0.2, 0.25) is 0 Å². The summed E-state index contributed by atoms with van der Waals surface area (Å²) in [5.41, 5.74) is -1.40. The molecule has 1 aliphatic rings. The van der Waals surface area contributed by atoms with E-state index in [1.165, 1.54) is 6.08 Å². The van der Waals surface area contributed by atoms with Crippen molar-refractivity contribution in [1.29, 1.82) is 0 Å². The first-order valence-electron chi connectivity index (χ1n) is 6.80. The Morgan fingerprint density at radius 3 is 2.75 bits per heavy atom. The minimum atomic E-state index is -4.76. The van der Waals surface area contributed by atoms with Gasteiger partial charge in [-0.2, -0.15) is 0 Å². The number of aliphatic hydroxyl groups excluding tert-OH is 1. The molecule has 0 radical (unpaired) electrons. The van der Waals surface area contributed by atoms with Crippen LogP contribution in [0.15, 0.2) is 34.5 Å². The molecule has 4 atom stereocenters. The van der Waals surface area contributed by atoms with E-state index >= 15 is 0 Å². The second-order valence-electron chi connectivity index (χ2n) is 4.95. The molecule has 0 amide bonds. The maximum Gasteiger partial charge on any atom is 0.469 e. The summed E-state index contributed by atoms with van der Waals surface area (Å²) in [6.07, 6.45) is -2.09. The van der Waals surface area contributed by atoms with Crippen LogP contribution >= 0.6 is 7.82 Å². The Morgan fingerprint density at radius 2 is 2.17 bits per heavy atom. The molecule has 0 aromatic carbocycles. The fourth-order valence-corrected chi connectivity index (χ4v) is 2.58. The minimum absolute atomic E-state index is 0.0335. The van der Waals surface area contributed by atoms with Gasteiger partial charge in [0, 0.05) is 12.3 Å². The molecule has 2 heterocycles. The predicted molar refractivity (Wildman–Crippen MR) is 79.2 cm³/mol. The van der Waals surface area contributed by atoms with Crippen molar-refractivity contribution in [3.8, 4) is 0 Å². The quantitative estimate of drug-likeness (QED) is 0.332. The number of phosphoric ester groups is 1. The van der Waals surface area contributed by atoms with Gasteiger partial charge in [-0.15, -0.1) is 6.58 Å². The van der Waals surface area contributed by atoms with Crippen LogP contribution in [-0.2, 0) is 18.6 Å². The van der Waals surface area contributed by atoms with E-state index in [-0.39, 0.29) is 6.61 Å². The van der Waals surface area contributed by atoms with Crippen molar-refractivity contribution >= 4 is 7.82 Å². The molecule has 0 bridgehead atoms. The summed E-state index contributed by atoms with van der Waals surface area (Å²) in [4.78, 5) is 42.6. The largest absolute Gasteiger partial charge is 0.469 e. The molecule has 2 unspecified atom stereocenters. The highest BCUT2D eigenvalue weighted by Gasteiger charge is 2.46. The molecular weight excluding hydrogens is 347 g/mol. The van der Waals surface area contributed by atoms with Gasteiger partial charge in [-0.3, -0.25) is 18.9 Å². The topological polar surface area (TPSA) is 160 Å². The summed E-state index contributed by atoms with van der Waals surface area (Å²) >= 11 is 0. The first kappa shape index (κ1) is 18.7. The summed E-state index contributed by atoms with van der Waals surface area (Å²) in [7, 11) is -4.76. The highest BCUT2D eigenvalue weighted by atomic mass is 31.2. The normalized spacial score (nSPS) is 27.3. The number of phosphoric acid groups is 1. The molecule has 11 nitrogen and oxygen atoms in total. The Labute approximate surface area is 135 Å². The second-order valence-corrected chi connectivity index (χ2v) is 6.19. The monoisotopic (exact) mass is 364 g/mol. The van der Waals surface area contributed by atoms with Crippen molar-refractivity contribution in [2.75, 3.05) is 13.2 Å². The lowest BCUT2D eigenvalue weighted by molar-refractivity contribution is -0.0682. The second kappa shape index (κ2) is 7.53. The van der Waals surface area contributed by atoms with E-state index in [4.69, 9.17) is 19.3 Å². The molecule has 1 saturated heterocycles. The van der Waals surface area contributed by atoms with Gasteiger partial charge in [0.1, 0.15) is 18.3 Å². The van der Waals surface area contributed by atoms with E-state index in [0.29, 0.717) is 0 Å². The van der Waals surface area contributed by atoms with E-state index in [1.807, 2.05) is 4.98 Å². The third-order valence-electron chi connectivity index (χ3n) is 3.25. The van der Waals surface area contributed by atoms with Gasteiger partial charge >= 0.3 is 13.5 Å². The van der Waals surface area contributed by atoms with Crippen LogP contribution in [0.1, 0.15) is 6.23 Å². The average Bonchev–Trinajstić information content (AvgIpc) is 2.78. The molecule has 4 N–H and O–H groups in total. The van der Waals surface area contributed by atoms with Crippen molar-refractivity contribution in [1.82, 2.24) is 9.55 Å². The third kappa shape index (κ3) is 4.48. The summed E-state index contributed by atoms with van der Waals surface area (Å²) < 4.78 is 26.9. The molecule has 1 aliphatic heterocycles. The van der Waals surface area contributed by atoms with E-state index in [9.17, 15) is 19.3 Å². The Morgan fingerprint density at radius 1 is 1.46 bits per heavy atom. The summed E-state index contributed by atoms with van der Waals surface area (Å²) in [6.45, 7) is 2.89. The number of aliphatic hydroxyl groups is 1. The number of aromatic amines is 1. The molecule has 134 valence electrons. The Bertz CT molecular complexity index is 739. The van der Waals surface area contributed by atoms with Gasteiger partial charge in [-0.05, 0) is 0 Å². The standard InChI is InChI=1S/C12H17N2O9P/c1-2-5-21-10-9(16)7(6-22-24(18,19)20)23-11(10)14-4-3-8(15)13-12(14)17/h2-4,7,9-11,16H,1,5-6H2,(H,13,15,17)(H2,18,19,20)/t7-,9?,10?,11-/m0/s1. The van der Waals surface area contributed by atoms with Gasteiger partial charge in [0.15, 0.2) is 6.23 Å². The number of rotatable bonds is 7. The molecule has 1 fully saturated rings. The lowest BCUT2D eigenvalue weighted by Gasteiger charge is -2.21. The first-order chi connectivity index (χ1) is 11.2. The number of nitrogens with one attached hydrogen (secondary N) is 1. The number of ether oxygens (including phenoxy) is 2. The maximum atomic E-state index is 11.9. The summed E-state index contributed by atoms with van der Waals surface area (Å²) in [5.74, 6) is 0. The van der Waals surface area contributed by atoms with E-state index in [0.717, 1.165) is 16.8 Å². The minimum Gasteiger partial charge on any atom is -0.387 e. The molecule has 0 spiro atoms.